The Kier molecular flexibility index (Phi) is 5.08. The first-order valence-electron chi connectivity index (χ1n) is 7.06. The Bertz CT molecular complexity index is 485. The predicted octanol–water partition coefficient (Wildman–Crippen LogP) is 3.48. The standard InChI is InChI=1S/C15H21BrN2O3/c1-15(2,3)21-14(19)18-7-6-11(9-18)10-20-13-5-4-12(16)8-17-13/h4-5,8,11H,6-7,9-10H2,1-3H3. The van der Waals surface area contributed by atoms with Gasteiger partial charge in [-0.15, -0.1) is 0 Å². The van der Waals surface area contributed by atoms with Crippen LogP contribution < -0.4 is 4.74 Å². The molecule has 0 N–H and O–H groups in total. The van der Waals surface area contributed by atoms with Crippen LogP contribution in [0.5, 0.6) is 5.88 Å². The van der Waals surface area contributed by atoms with Gasteiger partial charge < -0.3 is 14.4 Å². The van der Waals surface area contributed by atoms with Gasteiger partial charge in [-0.3, -0.25) is 0 Å². The normalized spacial score (nSPS) is 18.7. The van der Waals surface area contributed by atoms with Crippen molar-refractivity contribution >= 4 is 22.0 Å². The molecule has 0 radical (unpaired) electrons. The zero-order valence-electron chi connectivity index (χ0n) is 12.6. The molecule has 0 bridgehead atoms. The van der Waals surface area contributed by atoms with Crippen molar-refractivity contribution in [2.45, 2.75) is 32.8 Å². The molecule has 0 saturated carbocycles. The molecule has 1 aromatic rings. The van der Waals surface area contributed by atoms with Crippen molar-refractivity contribution in [2.24, 2.45) is 5.92 Å². The van der Waals surface area contributed by atoms with Gasteiger partial charge in [0, 0.05) is 35.7 Å². The average molecular weight is 357 g/mol. The lowest BCUT2D eigenvalue weighted by Gasteiger charge is -2.24. The fourth-order valence-corrected chi connectivity index (χ4v) is 2.35. The van der Waals surface area contributed by atoms with E-state index < -0.39 is 5.60 Å². The minimum Gasteiger partial charge on any atom is -0.477 e. The molecule has 1 amide bonds. The lowest BCUT2D eigenvalue weighted by atomic mass is 10.1. The van der Waals surface area contributed by atoms with Gasteiger partial charge in [0.2, 0.25) is 5.88 Å². The van der Waals surface area contributed by atoms with Crippen LogP contribution >= 0.6 is 15.9 Å². The van der Waals surface area contributed by atoms with E-state index >= 15 is 0 Å². The zero-order valence-corrected chi connectivity index (χ0v) is 14.2. The van der Waals surface area contributed by atoms with Gasteiger partial charge in [-0.05, 0) is 49.2 Å². The molecule has 0 spiro atoms. The quantitative estimate of drug-likeness (QED) is 0.831. The summed E-state index contributed by atoms with van der Waals surface area (Å²) in [6.45, 7) is 7.58. The first kappa shape index (κ1) is 16.1. The molecule has 1 fully saturated rings. The highest BCUT2D eigenvalue weighted by atomic mass is 79.9. The van der Waals surface area contributed by atoms with Crippen molar-refractivity contribution < 1.29 is 14.3 Å². The van der Waals surface area contributed by atoms with Gasteiger partial charge in [0.15, 0.2) is 0 Å². The van der Waals surface area contributed by atoms with Crippen LogP contribution in [0.1, 0.15) is 27.2 Å². The minimum absolute atomic E-state index is 0.244. The fraction of sp³-hybridized carbons (Fsp3) is 0.600. The molecule has 2 rings (SSSR count). The number of halogens is 1. The molecular formula is C15H21BrN2O3. The summed E-state index contributed by atoms with van der Waals surface area (Å²) in [5.74, 6) is 0.928. The van der Waals surface area contributed by atoms with Gasteiger partial charge >= 0.3 is 6.09 Å². The van der Waals surface area contributed by atoms with Crippen LogP contribution in [0.25, 0.3) is 0 Å². The van der Waals surface area contributed by atoms with Gasteiger partial charge in [-0.25, -0.2) is 9.78 Å². The monoisotopic (exact) mass is 356 g/mol. The summed E-state index contributed by atoms with van der Waals surface area (Å²) in [7, 11) is 0. The van der Waals surface area contributed by atoms with Crippen LogP contribution in [0.4, 0.5) is 4.79 Å². The maximum Gasteiger partial charge on any atom is 0.410 e. The van der Waals surface area contributed by atoms with Crippen LogP contribution in [0.2, 0.25) is 0 Å². The number of nitrogens with zero attached hydrogens (tertiary/aromatic N) is 2. The summed E-state index contributed by atoms with van der Waals surface area (Å²) >= 11 is 3.33. The third-order valence-electron chi connectivity index (χ3n) is 3.10. The average Bonchev–Trinajstić information content (AvgIpc) is 2.85. The van der Waals surface area contributed by atoms with Gasteiger partial charge in [-0.1, -0.05) is 0 Å². The van der Waals surface area contributed by atoms with Gasteiger partial charge in [0.25, 0.3) is 0 Å². The van der Waals surface area contributed by atoms with E-state index in [0.29, 0.717) is 24.9 Å². The summed E-state index contributed by atoms with van der Waals surface area (Å²) in [6, 6.07) is 3.72. The smallest absolute Gasteiger partial charge is 0.410 e. The van der Waals surface area contributed by atoms with E-state index in [9.17, 15) is 4.79 Å². The molecule has 0 aromatic carbocycles. The third kappa shape index (κ3) is 5.19. The van der Waals surface area contributed by atoms with E-state index in [4.69, 9.17) is 9.47 Å². The molecule has 1 saturated heterocycles. The maximum atomic E-state index is 12.0. The van der Waals surface area contributed by atoms with Crippen LogP contribution in [-0.2, 0) is 4.74 Å². The van der Waals surface area contributed by atoms with E-state index in [1.54, 1.807) is 11.1 Å². The Hall–Kier alpha value is -1.30. The number of likely N-dealkylation sites (tertiary alicyclic amines) is 1. The van der Waals surface area contributed by atoms with Crippen molar-refractivity contribution in [1.29, 1.82) is 0 Å². The zero-order chi connectivity index (χ0) is 15.5. The number of carbonyl (C=O) groups is 1. The third-order valence-corrected chi connectivity index (χ3v) is 3.57. The van der Waals surface area contributed by atoms with Crippen LogP contribution in [0, 0.1) is 5.92 Å². The van der Waals surface area contributed by atoms with Gasteiger partial charge in [0.1, 0.15) is 5.60 Å². The number of pyridine rings is 1. The molecule has 6 heteroatoms. The molecule has 1 aromatic heterocycles. The Morgan fingerprint density at radius 3 is 2.86 bits per heavy atom. The first-order valence-corrected chi connectivity index (χ1v) is 7.85. The molecular weight excluding hydrogens is 336 g/mol. The summed E-state index contributed by atoms with van der Waals surface area (Å²) in [4.78, 5) is 17.9. The number of rotatable bonds is 3. The lowest BCUT2D eigenvalue weighted by molar-refractivity contribution is 0.0284. The minimum atomic E-state index is -0.451. The number of aromatic nitrogens is 1. The van der Waals surface area contributed by atoms with E-state index in [2.05, 4.69) is 20.9 Å². The second-order valence-corrected chi connectivity index (χ2v) is 7.12. The van der Waals surface area contributed by atoms with E-state index in [-0.39, 0.29) is 6.09 Å². The fourth-order valence-electron chi connectivity index (χ4n) is 2.11. The summed E-state index contributed by atoms with van der Waals surface area (Å²) in [6.07, 6.45) is 2.39. The van der Waals surface area contributed by atoms with E-state index in [1.807, 2.05) is 32.9 Å². The molecule has 1 unspecified atom stereocenters. The van der Waals surface area contributed by atoms with Crippen molar-refractivity contribution in [1.82, 2.24) is 9.88 Å². The summed E-state index contributed by atoms with van der Waals surface area (Å²) in [5, 5.41) is 0. The number of carbonyl (C=O) groups excluding carboxylic acids is 1. The highest BCUT2D eigenvalue weighted by Crippen LogP contribution is 2.21. The number of amides is 1. The lowest BCUT2D eigenvalue weighted by Crippen LogP contribution is -2.35. The molecule has 1 aliphatic heterocycles. The molecule has 116 valence electrons. The predicted molar refractivity (Wildman–Crippen MR) is 83.3 cm³/mol. The Labute approximate surface area is 133 Å². The van der Waals surface area contributed by atoms with Gasteiger partial charge in [0.05, 0.1) is 6.61 Å². The van der Waals surface area contributed by atoms with E-state index in [1.165, 1.54) is 0 Å². The maximum absolute atomic E-state index is 12.0. The van der Waals surface area contributed by atoms with Crippen molar-refractivity contribution in [2.75, 3.05) is 19.7 Å². The van der Waals surface area contributed by atoms with Crippen LogP contribution in [0.15, 0.2) is 22.8 Å². The Morgan fingerprint density at radius 1 is 1.48 bits per heavy atom. The van der Waals surface area contributed by atoms with Crippen LogP contribution in [0.3, 0.4) is 0 Å². The van der Waals surface area contributed by atoms with Gasteiger partial charge in [-0.2, -0.15) is 0 Å². The molecule has 1 atom stereocenters. The first-order chi connectivity index (χ1) is 9.83. The summed E-state index contributed by atoms with van der Waals surface area (Å²) in [5.41, 5.74) is -0.451. The van der Waals surface area contributed by atoms with Crippen molar-refractivity contribution in [3.05, 3.63) is 22.8 Å². The highest BCUT2D eigenvalue weighted by Gasteiger charge is 2.30. The second-order valence-electron chi connectivity index (χ2n) is 6.21. The molecule has 21 heavy (non-hydrogen) atoms. The van der Waals surface area contributed by atoms with Crippen LogP contribution in [-0.4, -0.2) is 41.3 Å². The molecule has 0 aliphatic carbocycles. The van der Waals surface area contributed by atoms with Crippen molar-refractivity contribution in [3.63, 3.8) is 0 Å². The Balaban J connectivity index is 1.77. The molecule has 2 heterocycles. The van der Waals surface area contributed by atoms with Crippen molar-refractivity contribution in [3.8, 4) is 5.88 Å². The highest BCUT2D eigenvalue weighted by molar-refractivity contribution is 9.10. The number of ether oxygens (including phenoxy) is 2. The molecule has 1 aliphatic rings. The summed E-state index contributed by atoms with van der Waals surface area (Å²) < 4.78 is 12.0. The van der Waals surface area contributed by atoms with E-state index in [0.717, 1.165) is 17.4 Å². The number of hydrogen-bond acceptors (Lipinski definition) is 4. The topological polar surface area (TPSA) is 51.7 Å². The largest absolute Gasteiger partial charge is 0.477 e. The Morgan fingerprint density at radius 2 is 2.24 bits per heavy atom. The molecule has 5 nitrogen and oxygen atoms in total. The number of hydrogen-bond donors (Lipinski definition) is 0. The second kappa shape index (κ2) is 6.64. The SMILES string of the molecule is CC(C)(C)OC(=O)N1CCC(COc2ccc(Br)cn2)C1.